The highest BCUT2D eigenvalue weighted by atomic mass is 16.5. The standard InChI is InChI=1S/C22H24N2O2/c1-15-13-24(14-16(2)26-15)21(17-8-4-3-5-9-17)22(25)19-12-23-20-11-7-6-10-18(19)20/h3-12,15-16,21,23H,13-14H2,1-2H3. The molecule has 0 amide bonds. The molecule has 1 saturated heterocycles. The molecule has 4 heteroatoms. The van der Waals surface area contributed by atoms with Crippen molar-refractivity contribution in [3.8, 4) is 0 Å². The van der Waals surface area contributed by atoms with Crippen LogP contribution in [0.1, 0.15) is 35.8 Å². The number of carbonyl (C=O) groups is 1. The zero-order valence-corrected chi connectivity index (χ0v) is 15.2. The van der Waals surface area contributed by atoms with Crippen LogP contribution in [0.15, 0.2) is 60.8 Å². The van der Waals surface area contributed by atoms with Gasteiger partial charge in [-0.25, -0.2) is 0 Å². The van der Waals surface area contributed by atoms with E-state index in [1.165, 1.54) is 0 Å². The predicted molar refractivity (Wildman–Crippen MR) is 103 cm³/mol. The number of morpholine rings is 1. The van der Waals surface area contributed by atoms with E-state index in [0.717, 1.165) is 35.1 Å². The molecule has 1 aliphatic rings. The summed E-state index contributed by atoms with van der Waals surface area (Å²) in [4.78, 5) is 19.1. The summed E-state index contributed by atoms with van der Waals surface area (Å²) in [7, 11) is 0. The van der Waals surface area contributed by atoms with Crippen LogP contribution in [0.25, 0.3) is 10.9 Å². The molecule has 4 rings (SSSR count). The van der Waals surface area contributed by atoms with E-state index in [4.69, 9.17) is 4.74 Å². The SMILES string of the molecule is CC1CN(C(C(=O)c2c[nH]c3ccccc23)c2ccccc2)CC(C)O1. The molecule has 0 radical (unpaired) electrons. The first-order chi connectivity index (χ1) is 12.6. The number of hydrogen-bond acceptors (Lipinski definition) is 3. The lowest BCUT2D eigenvalue weighted by Gasteiger charge is -2.39. The van der Waals surface area contributed by atoms with Crippen molar-refractivity contribution in [2.24, 2.45) is 0 Å². The van der Waals surface area contributed by atoms with Crippen LogP contribution in [-0.2, 0) is 4.74 Å². The Hall–Kier alpha value is -2.43. The normalized spacial score (nSPS) is 22.4. The zero-order chi connectivity index (χ0) is 18.1. The molecule has 1 fully saturated rings. The van der Waals surface area contributed by atoms with Crippen LogP contribution in [0.4, 0.5) is 0 Å². The number of aromatic nitrogens is 1. The number of ether oxygens (including phenoxy) is 1. The minimum atomic E-state index is -0.302. The third kappa shape index (κ3) is 3.18. The number of benzene rings is 2. The number of ketones is 1. The number of aromatic amines is 1. The van der Waals surface area contributed by atoms with Gasteiger partial charge < -0.3 is 9.72 Å². The summed E-state index contributed by atoms with van der Waals surface area (Å²) in [5, 5.41) is 0.979. The fourth-order valence-electron chi connectivity index (χ4n) is 4.01. The number of Topliss-reactive ketones (excluding diaryl/α,β-unsaturated/α-hetero) is 1. The number of hydrogen-bond donors (Lipinski definition) is 1. The maximum atomic E-state index is 13.6. The van der Waals surface area contributed by atoms with Gasteiger partial charge >= 0.3 is 0 Å². The average molecular weight is 348 g/mol. The molecule has 1 aliphatic heterocycles. The second kappa shape index (κ2) is 7.06. The second-order valence-electron chi connectivity index (χ2n) is 7.14. The van der Waals surface area contributed by atoms with E-state index in [0.29, 0.717) is 0 Å². The van der Waals surface area contributed by atoms with Gasteiger partial charge in [0, 0.05) is 35.8 Å². The topological polar surface area (TPSA) is 45.3 Å². The molecule has 0 aliphatic carbocycles. The summed E-state index contributed by atoms with van der Waals surface area (Å²) < 4.78 is 5.88. The van der Waals surface area contributed by atoms with E-state index < -0.39 is 0 Å². The molecule has 0 saturated carbocycles. The van der Waals surface area contributed by atoms with E-state index in [1.54, 1.807) is 0 Å². The highest BCUT2D eigenvalue weighted by molar-refractivity contribution is 6.10. The largest absolute Gasteiger partial charge is 0.373 e. The highest BCUT2D eigenvalue weighted by Crippen LogP contribution is 2.31. The fraction of sp³-hybridized carbons (Fsp3) is 0.318. The predicted octanol–water partition coefficient (Wildman–Crippen LogP) is 4.20. The molecule has 0 bridgehead atoms. The Bertz CT molecular complexity index is 893. The van der Waals surface area contributed by atoms with Crippen molar-refractivity contribution in [1.29, 1.82) is 0 Å². The maximum Gasteiger partial charge on any atom is 0.186 e. The second-order valence-corrected chi connectivity index (χ2v) is 7.14. The van der Waals surface area contributed by atoms with Gasteiger partial charge in [0.1, 0.15) is 0 Å². The number of nitrogens with zero attached hydrogens (tertiary/aromatic N) is 1. The van der Waals surface area contributed by atoms with Crippen LogP contribution in [0, 0.1) is 0 Å². The lowest BCUT2D eigenvalue weighted by atomic mass is 9.94. The highest BCUT2D eigenvalue weighted by Gasteiger charge is 2.34. The van der Waals surface area contributed by atoms with E-state index in [1.807, 2.05) is 60.8 Å². The minimum absolute atomic E-state index is 0.112. The van der Waals surface area contributed by atoms with Gasteiger partial charge in [-0.15, -0.1) is 0 Å². The van der Waals surface area contributed by atoms with Gasteiger partial charge in [-0.2, -0.15) is 0 Å². The maximum absolute atomic E-state index is 13.6. The molecule has 3 aromatic rings. The molecule has 3 atom stereocenters. The first kappa shape index (κ1) is 17.0. The Morgan fingerprint density at radius 3 is 2.42 bits per heavy atom. The lowest BCUT2D eigenvalue weighted by molar-refractivity contribution is -0.0766. The van der Waals surface area contributed by atoms with Gasteiger partial charge in [-0.1, -0.05) is 48.5 Å². The Kier molecular flexibility index (Phi) is 4.62. The van der Waals surface area contributed by atoms with Crippen LogP contribution in [0.3, 0.4) is 0 Å². The third-order valence-corrected chi connectivity index (χ3v) is 5.03. The van der Waals surface area contributed by atoms with Crippen LogP contribution >= 0.6 is 0 Å². The molecule has 4 nitrogen and oxygen atoms in total. The summed E-state index contributed by atoms with van der Waals surface area (Å²) in [5.74, 6) is 0.134. The zero-order valence-electron chi connectivity index (χ0n) is 15.2. The van der Waals surface area contributed by atoms with Crippen molar-refractivity contribution in [3.05, 3.63) is 71.9 Å². The van der Waals surface area contributed by atoms with E-state index in [9.17, 15) is 4.79 Å². The quantitative estimate of drug-likeness (QED) is 0.719. The number of carbonyl (C=O) groups excluding carboxylic acids is 1. The Morgan fingerprint density at radius 1 is 1.04 bits per heavy atom. The van der Waals surface area contributed by atoms with Crippen molar-refractivity contribution in [1.82, 2.24) is 9.88 Å². The molecule has 1 N–H and O–H groups in total. The summed E-state index contributed by atoms with van der Waals surface area (Å²) in [6.07, 6.45) is 2.07. The van der Waals surface area contributed by atoms with E-state index in [2.05, 4.69) is 23.7 Å². The molecule has 1 aromatic heterocycles. The van der Waals surface area contributed by atoms with Crippen molar-refractivity contribution < 1.29 is 9.53 Å². The van der Waals surface area contributed by atoms with E-state index >= 15 is 0 Å². The molecule has 26 heavy (non-hydrogen) atoms. The Labute approximate surface area is 153 Å². The molecule has 2 heterocycles. The third-order valence-electron chi connectivity index (χ3n) is 5.03. The first-order valence-electron chi connectivity index (χ1n) is 9.18. The van der Waals surface area contributed by atoms with Gasteiger partial charge in [0.15, 0.2) is 5.78 Å². The number of rotatable bonds is 4. The summed E-state index contributed by atoms with van der Waals surface area (Å²) in [5.41, 5.74) is 2.77. The van der Waals surface area contributed by atoms with Gasteiger partial charge in [0.2, 0.25) is 0 Å². The minimum Gasteiger partial charge on any atom is -0.373 e. The Balaban J connectivity index is 1.76. The molecule has 134 valence electrons. The molecular weight excluding hydrogens is 324 g/mol. The van der Waals surface area contributed by atoms with Gasteiger partial charge in [0.25, 0.3) is 0 Å². The van der Waals surface area contributed by atoms with Crippen LogP contribution < -0.4 is 0 Å². The molecular formula is C22H24N2O2. The van der Waals surface area contributed by atoms with E-state index in [-0.39, 0.29) is 24.0 Å². The summed E-state index contributed by atoms with van der Waals surface area (Å²) >= 11 is 0. The van der Waals surface area contributed by atoms with Crippen molar-refractivity contribution >= 4 is 16.7 Å². The lowest BCUT2D eigenvalue weighted by Crippen LogP contribution is -2.48. The van der Waals surface area contributed by atoms with Gasteiger partial charge in [-0.05, 0) is 25.5 Å². The fourth-order valence-corrected chi connectivity index (χ4v) is 4.01. The molecule has 0 spiro atoms. The Morgan fingerprint density at radius 2 is 1.69 bits per heavy atom. The monoisotopic (exact) mass is 348 g/mol. The van der Waals surface area contributed by atoms with Crippen LogP contribution in [-0.4, -0.2) is 41.0 Å². The van der Waals surface area contributed by atoms with Crippen molar-refractivity contribution in [2.75, 3.05) is 13.1 Å². The van der Waals surface area contributed by atoms with Crippen LogP contribution in [0.5, 0.6) is 0 Å². The smallest absolute Gasteiger partial charge is 0.186 e. The van der Waals surface area contributed by atoms with Crippen molar-refractivity contribution in [2.45, 2.75) is 32.1 Å². The van der Waals surface area contributed by atoms with Crippen molar-refractivity contribution in [3.63, 3.8) is 0 Å². The summed E-state index contributed by atoms with van der Waals surface area (Å²) in [6, 6.07) is 17.7. The molecule has 3 unspecified atom stereocenters. The molecule has 2 aromatic carbocycles. The van der Waals surface area contributed by atoms with Gasteiger partial charge in [0.05, 0.1) is 18.2 Å². The average Bonchev–Trinajstić information content (AvgIpc) is 3.06. The number of nitrogens with one attached hydrogen (secondary N) is 1. The summed E-state index contributed by atoms with van der Waals surface area (Å²) in [6.45, 7) is 5.64. The number of para-hydroxylation sites is 1. The number of H-pyrrole nitrogens is 1. The first-order valence-corrected chi connectivity index (χ1v) is 9.18. The van der Waals surface area contributed by atoms with Crippen LogP contribution in [0.2, 0.25) is 0 Å². The number of fused-ring (bicyclic) bond motifs is 1. The van der Waals surface area contributed by atoms with Gasteiger partial charge in [-0.3, -0.25) is 9.69 Å².